The molecule has 0 bridgehead atoms. The zero-order valence-electron chi connectivity index (χ0n) is 13.0. The Kier molecular flexibility index (Phi) is 6.91. The Labute approximate surface area is 122 Å². The molecule has 0 saturated carbocycles. The minimum absolute atomic E-state index is 0.0576. The van der Waals surface area contributed by atoms with Crippen LogP contribution in [0.2, 0.25) is 0 Å². The molecule has 4 nitrogen and oxygen atoms in total. The first-order valence-corrected chi connectivity index (χ1v) is 7.41. The normalized spacial score (nSPS) is 10.2. The van der Waals surface area contributed by atoms with Crippen LogP contribution >= 0.6 is 0 Å². The molecule has 1 aromatic carbocycles. The summed E-state index contributed by atoms with van der Waals surface area (Å²) in [6.45, 7) is 10.2. The fraction of sp³-hybridized carbons (Fsp3) is 0.562. The van der Waals surface area contributed by atoms with Gasteiger partial charge in [-0.2, -0.15) is 0 Å². The van der Waals surface area contributed by atoms with Crippen molar-refractivity contribution in [3.8, 4) is 5.75 Å². The monoisotopic (exact) mass is 278 g/mol. The molecule has 0 radical (unpaired) electrons. The number of unbranched alkanes of at least 4 members (excludes halogenated alkanes) is 1. The lowest BCUT2D eigenvalue weighted by Gasteiger charge is -2.20. The van der Waals surface area contributed by atoms with Gasteiger partial charge in [-0.3, -0.25) is 0 Å². The van der Waals surface area contributed by atoms with Gasteiger partial charge in [0.1, 0.15) is 5.75 Å². The molecule has 0 aliphatic carbocycles. The van der Waals surface area contributed by atoms with E-state index in [0.717, 1.165) is 36.4 Å². The molecule has 0 fully saturated rings. The highest BCUT2D eigenvalue weighted by Gasteiger charge is 2.10. The van der Waals surface area contributed by atoms with E-state index in [0.29, 0.717) is 13.1 Å². The van der Waals surface area contributed by atoms with Crippen molar-refractivity contribution in [3.63, 3.8) is 0 Å². The SMILES string of the molecule is CCCCOc1ccc(NC(=O)N(CC)CC)c(C)c1. The second-order valence-corrected chi connectivity index (χ2v) is 4.78. The summed E-state index contributed by atoms with van der Waals surface area (Å²) in [6.07, 6.45) is 2.18. The number of nitrogens with zero attached hydrogens (tertiary/aromatic N) is 1. The zero-order valence-corrected chi connectivity index (χ0v) is 13.0. The second-order valence-electron chi connectivity index (χ2n) is 4.78. The third-order valence-electron chi connectivity index (χ3n) is 3.26. The van der Waals surface area contributed by atoms with E-state index in [2.05, 4.69) is 12.2 Å². The van der Waals surface area contributed by atoms with E-state index < -0.39 is 0 Å². The lowest BCUT2D eigenvalue weighted by Crippen LogP contribution is -2.34. The summed E-state index contributed by atoms with van der Waals surface area (Å²) in [5.41, 5.74) is 1.85. The number of rotatable bonds is 7. The van der Waals surface area contributed by atoms with Crippen molar-refractivity contribution in [3.05, 3.63) is 23.8 Å². The van der Waals surface area contributed by atoms with Gasteiger partial charge < -0.3 is 15.0 Å². The average molecular weight is 278 g/mol. The summed E-state index contributed by atoms with van der Waals surface area (Å²) < 4.78 is 5.65. The highest BCUT2D eigenvalue weighted by molar-refractivity contribution is 5.90. The van der Waals surface area contributed by atoms with Gasteiger partial charge in [0.05, 0.1) is 6.61 Å². The van der Waals surface area contributed by atoms with Gasteiger partial charge >= 0.3 is 6.03 Å². The van der Waals surface area contributed by atoms with Crippen molar-refractivity contribution in [1.29, 1.82) is 0 Å². The maximum atomic E-state index is 12.0. The summed E-state index contributed by atoms with van der Waals surface area (Å²) in [5.74, 6) is 0.858. The molecular formula is C16H26N2O2. The van der Waals surface area contributed by atoms with E-state index in [1.807, 2.05) is 39.0 Å². The molecule has 1 aromatic rings. The largest absolute Gasteiger partial charge is 0.494 e. The smallest absolute Gasteiger partial charge is 0.321 e. The van der Waals surface area contributed by atoms with Crippen LogP contribution in [0.15, 0.2) is 18.2 Å². The number of carbonyl (C=O) groups excluding carboxylic acids is 1. The van der Waals surface area contributed by atoms with Crippen molar-refractivity contribution in [2.24, 2.45) is 0 Å². The van der Waals surface area contributed by atoms with E-state index in [1.54, 1.807) is 4.90 Å². The topological polar surface area (TPSA) is 41.6 Å². The maximum Gasteiger partial charge on any atom is 0.321 e. The highest BCUT2D eigenvalue weighted by Crippen LogP contribution is 2.22. The van der Waals surface area contributed by atoms with Crippen molar-refractivity contribution in [1.82, 2.24) is 4.90 Å². The van der Waals surface area contributed by atoms with Gasteiger partial charge in [-0.1, -0.05) is 13.3 Å². The number of hydrogen-bond donors (Lipinski definition) is 1. The first-order chi connectivity index (χ1) is 9.62. The third-order valence-corrected chi connectivity index (χ3v) is 3.26. The van der Waals surface area contributed by atoms with Crippen molar-refractivity contribution in [2.75, 3.05) is 25.0 Å². The molecule has 0 heterocycles. The fourth-order valence-electron chi connectivity index (χ4n) is 1.91. The minimum atomic E-state index is -0.0576. The Morgan fingerprint density at radius 2 is 1.95 bits per heavy atom. The molecule has 20 heavy (non-hydrogen) atoms. The number of amides is 2. The second kappa shape index (κ2) is 8.46. The van der Waals surface area contributed by atoms with Crippen LogP contribution in [0.4, 0.5) is 10.5 Å². The number of ether oxygens (including phenoxy) is 1. The van der Waals surface area contributed by atoms with E-state index in [9.17, 15) is 4.79 Å². The predicted molar refractivity (Wildman–Crippen MR) is 83.5 cm³/mol. The van der Waals surface area contributed by atoms with Crippen LogP contribution in [0, 0.1) is 6.92 Å². The summed E-state index contributed by atoms with van der Waals surface area (Å²) in [6, 6.07) is 5.71. The van der Waals surface area contributed by atoms with E-state index in [4.69, 9.17) is 4.74 Å². The van der Waals surface area contributed by atoms with Crippen LogP contribution in [0.1, 0.15) is 39.2 Å². The first-order valence-electron chi connectivity index (χ1n) is 7.41. The van der Waals surface area contributed by atoms with Gasteiger partial charge in [-0.25, -0.2) is 4.79 Å². The Morgan fingerprint density at radius 1 is 1.25 bits per heavy atom. The van der Waals surface area contributed by atoms with Crippen LogP contribution < -0.4 is 10.1 Å². The van der Waals surface area contributed by atoms with Gasteiger partial charge in [0.2, 0.25) is 0 Å². The number of hydrogen-bond acceptors (Lipinski definition) is 2. The third kappa shape index (κ3) is 4.76. The Hall–Kier alpha value is -1.71. The summed E-state index contributed by atoms with van der Waals surface area (Å²) in [7, 11) is 0. The predicted octanol–water partition coefficient (Wildman–Crippen LogP) is 4.05. The number of carbonyl (C=O) groups is 1. The standard InChI is InChI=1S/C16H26N2O2/c1-5-8-11-20-14-9-10-15(13(4)12-14)17-16(19)18(6-2)7-3/h9-10,12H,5-8,11H2,1-4H3,(H,17,19). The quantitative estimate of drug-likeness (QED) is 0.765. The van der Waals surface area contributed by atoms with Crippen LogP contribution in [0.25, 0.3) is 0 Å². The molecule has 1 rings (SSSR count). The average Bonchev–Trinajstić information content (AvgIpc) is 2.43. The van der Waals surface area contributed by atoms with Crippen LogP contribution in [-0.4, -0.2) is 30.6 Å². The number of benzene rings is 1. The van der Waals surface area contributed by atoms with Crippen molar-refractivity contribution in [2.45, 2.75) is 40.5 Å². The van der Waals surface area contributed by atoms with Crippen molar-refractivity contribution >= 4 is 11.7 Å². The fourth-order valence-corrected chi connectivity index (χ4v) is 1.91. The first kappa shape index (κ1) is 16.3. The highest BCUT2D eigenvalue weighted by atomic mass is 16.5. The van der Waals surface area contributed by atoms with Gasteiger partial charge in [0, 0.05) is 18.8 Å². The molecule has 0 aliphatic heterocycles. The Balaban J connectivity index is 2.66. The summed E-state index contributed by atoms with van der Waals surface area (Å²) in [5, 5.41) is 2.94. The summed E-state index contributed by atoms with van der Waals surface area (Å²) in [4.78, 5) is 13.8. The number of anilines is 1. The maximum absolute atomic E-state index is 12.0. The van der Waals surface area contributed by atoms with E-state index in [1.165, 1.54) is 0 Å². The molecule has 0 aliphatic rings. The molecule has 0 atom stereocenters. The Morgan fingerprint density at radius 3 is 2.50 bits per heavy atom. The molecule has 2 amide bonds. The van der Waals surface area contributed by atoms with Gasteiger partial charge in [-0.15, -0.1) is 0 Å². The molecule has 112 valence electrons. The molecule has 0 saturated heterocycles. The van der Waals surface area contributed by atoms with Crippen LogP contribution in [0.3, 0.4) is 0 Å². The number of nitrogens with one attached hydrogen (secondary N) is 1. The van der Waals surface area contributed by atoms with Crippen LogP contribution in [0.5, 0.6) is 5.75 Å². The van der Waals surface area contributed by atoms with Crippen LogP contribution in [-0.2, 0) is 0 Å². The molecule has 0 unspecified atom stereocenters. The minimum Gasteiger partial charge on any atom is -0.494 e. The van der Waals surface area contributed by atoms with E-state index >= 15 is 0 Å². The molecular weight excluding hydrogens is 252 g/mol. The molecule has 4 heteroatoms. The lowest BCUT2D eigenvalue weighted by atomic mass is 10.2. The Bertz CT molecular complexity index is 428. The number of urea groups is 1. The summed E-state index contributed by atoms with van der Waals surface area (Å²) >= 11 is 0. The number of aryl methyl sites for hydroxylation is 1. The zero-order chi connectivity index (χ0) is 15.0. The molecule has 1 N–H and O–H groups in total. The van der Waals surface area contributed by atoms with E-state index in [-0.39, 0.29) is 6.03 Å². The van der Waals surface area contributed by atoms with Gasteiger partial charge in [-0.05, 0) is 51.0 Å². The lowest BCUT2D eigenvalue weighted by molar-refractivity contribution is 0.217. The van der Waals surface area contributed by atoms with Crippen molar-refractivity contribution < 1.29 is 9.53 Å². The van der Waals surface area contributed by atoms with Gasteiger partial charge in [0.25, 0.3) is 0 Å². The molecule has 0 aromatic heterocycles. The van der Waals surface area contributed by atoms with Gasteiger partial charge in [0.15, 0.2) is 0 Å². The molecule has 0 spiro atoms.